The zero-order chi connectivity index (χ0) is 76.0. The number of carbonyl (C=O) groups excluding carboxylic acids is 5. The molecule has 0 bridgehead atoms. The largest absolute Gasteiger partial charge is 0.501 e. The third-order valence-corrected chi connectivity index (χ3v) is 26.3. The van der Waals surface area contributed by atoms with Gasteiger partial charge < -0.3 is 35.8 Å². The van der Waals surface area contributed by atoms with Crippen LogP contribution in [0.15, 0.2) is 141 Å². The number of hydrogen-bond acceptors (Lipinski definition) is 17. The average molecular weight is 1550 g/mol. The number of hydrogen-bond donors (Lipinski definition) is 5. The van der Waals surface area contributed by atoms with E-state index in [0.717, 1.165) is 102 Å². The number of likely N-dealkylation sites (tertiary alicyclic amines) is 1. The smallest absolute Gasteiger partial charge is 0.391 e. The number of fused-ring (bicyclic) bond motifs is 3. The van der Waals surface area contributed by atoms with E-state index in [0.29, 0.717) is 69.5 Å². The summed E-state index contributed by atoms with van der Waals surface area (Å²) in [6.07, 6.45) is 4.81. The lowest BCUT2D eigenvalue weighted by atomic mass is 9.72. The van der Waals surface area contributed by atoms with Crippen molar-refractivity contribution in [1.82, 2.24) is 39.9 Å². The summed E-state index contributed by atoms with van der Waals surface area (Å²) < 4.78 is 101. The molecule has 5 amide bonds. The monoisotopic (exact) mass is 1550 g/mol. The van der Waals surface area contributed by atoms with Crippen molar-refractivity contribution in [2.24, 2.45) is 10.8 Å². The van der Waals surface area contributed by atoms with E-state index in [9.17, 15) is 59.1 Å². The number of benzene rings is 5. The lowest BCUT2D eigenvalue weighted by molar-refractivity contribution is -0.144. The summed E-state index contributed by atoms with van der Waals surface area (Å²) in [5, 5.41) is 20.4. The Morgan fingerprint density at radius 3 is 2.20 bits per heavy atom. The molecule has 0 radical (unpaired) electrons. The molecule has 0 saturated carbocycles. The molecule has 1 aliphatic carbocycles. The highest BCUT2D eigenvalue weighted by Crippen LogP contribution is 2.44. The molecule has 6 atom stereocenters. The summed E-state index contributed by atoms with van der Waals surface area (Å²) in [4.78, 5) is 83.3. The molecule has 4 aliphatic heterocycles. The number of sulfone groups is 1. The number of nitrogens with zero attached hydrogens (tertiary/aromatic N) is 6. The van der Waals surface area contributed by atoms with Gasteiger partial charge in [0.15, 0.2) is 0 Å². The van der Waals surface area contributed by atoms with Crippen molar-refractivity contribution in [1.29, 1.82) is 0 Å². The van der Waals surface area contributed by atoms with Gasteiger partial charge >= 0.3 is 5.51 Å². The second kappa shape index (κ2) is 33.6. The van der Waals surface area contributed by atoms with Gasteiger partial charge in [0.2, 0.25) is 23.6 Å². The summed E-state index contributed by atoms with van der Waals surface area (Å²) in [6, 6.07) is 29.6. The quantitative estimate of drug-likeness (QED) is 0.0250. The number of thiazole rings is 1. The molecule has 3 saturated heterocycles. The number of carbonyl (C=O) groups is 5. The number of aromatic nitrogens is 1. The third-order valence-electron chi connectivity index (χ3n) is 21.0. The Labute approximate surface area is 633 Å². The number of piperazine rings is 2. The first kappa shape index (κ1) is 79.7. The number of sulfonamides is 1. The van der Waals surface area contributed by atoms with Crippen molar-refractivity contribution in [2.75, 3.05) is 81.4 Å². The SMILES string of the molecule is Cc1ncsc1-c1ccc([C@H](C)NC(=O)[C@@H]2C[C@@H](O)CN2C(=O)[C@@H](NC(=O)CCCCC(=O)N2CCN(CC[C@H](CSc3ccccc3)Nc3ccc(S(=O)(=O)NC(=O)c4ccc5c(c4)CCC4CN(CC6=C(c7ccc(Cl)cc7)CCC(C)(C)C6)CCN54)cc3S(=O)(=O)C(F)(F)F)CC2)C(C)(C)C)cc1. The predicted molar refractivity (Wildman–Crippen MR) is 410 cm³/mol. The molecule has 1 aromatic heterocycles. The maximum absolute atomic E-state index is 14.7. The molecule has 0 spiro atoms. The van der Waals surface area contributed by atoms with Crippen molar-refractivity contribution >= 4 is 101 Å². The van der Waals surface area contributed by atoms with Crippen LogP contribution in [0, 0.1) is 17.8 Å². The highest BCUT2D eigenvalue weighted by molar-refractivity contribution is 7.99. The molecule has 28 heteroatoms. The number of alkyl halides is 3. The minimum Gasteiger partial charge on any atom is -0.391 e. The number of rotatable bonds is 26. The number of aryl methyl sites for hydroxylation is 2. The highest BCUT2D eigenvalue weighted by Gasteiger charge is 2.49. The Bertz CT molecular complexity index is 4440. The van der Waals surface area contributed by atoms with Crippen molar-refractivity contribution in [3.05, 3.63) is 159 Å². The van der Waals surface area contributed by atoms with Crippen LogP contribution in [0.25, 0.3) is 16.0 Å². The van der Waals surface area contributed by atoms with Crippen LogP contribution in [0.1, 0.15) is 145 Å². The summed E-state index contributed by atoms with van der Waals surface area (Å²) in [5.41, 5.74) is 3.54. The zero-order valence-corrected chi connectivity index (χ0v) is 65.0. The van der Waals surface area contributed by atoms with E-state index >= 15 is 0 Å². The van der Waals surface area contributed by atoms with Crippen LogP contribution in [0.5, 0.6) is 0 Å². The first-order valence-corrected chi connectivity index (χ1v) is 41.6. The molecule has 106 heavy (non-hydrogen) atoms. The average Bonchev–Trinajstić information content (AvgIpc) is 0.908. The molecule has 20 nitrogen and oxygen atoms in total. The normalized spacial score (nSPS) is 19.7. The van der Waals surface area contributed by atoms with E-state index in [1.807, 2.05) is 106 Å². The molecule has 570 valence electrons. The molecular weight excluding hydrogens is 1460 g/mol. The molecule has 5 heterocycles. The van der Waals surface area contributed by atoms with Gasteiger partial charge in [-0.2, -0.15) is 13.2 Å². The Kier molecular flexibility index (Phi) is 25.3. The Hall–Kier alpha value is -7.37. The van der Waals surface area contributed by atoms with Gasteiger partial charge in [0, 0.05) is 124 Å². The minimum atomic E-state index is -6.20. The molecule has 3 fully saturated rings. The Morgan fingerprint density at radius 1 is 0.811 bits per heavy atom. The van der Waals surface area contributed by atoms with Gasteiger partial charge in [-0.1, -0.05) is 106 Å². The fourth-order valence-corrected chi connectivity index (χ4v) is 19.0. The number of unbranched alkanes of at least 4 members (excludes halogenated alkanes) is 1. The van der Waals surface area contributed by atoms with E-state index in [1.165, 1.54) is 39.4 Å². The van der Waals surface area contributed by atoms with Gasteiger partial charge in [-0.05, 0) is 165 Å². The Morgan fingerprint density at radius 2 is 1.51 bits per heavy atom. The maximum Gasteiger partial charge on any atom is 0.501 e. The molecule has 5 aromatic carbocycles. The predicted octanol–water partition coefficient (Wildman–Crippen LogP) is 12.3. The van der Waals surface area contributed by atoms with Crippen LogP contribution in [0.3, 0.4) is 0 Å². The van der Waals surface area contributed by atoms with Gasteiger partial charge in [-0.3, -0.25) is 33.8 Å². The van der Waals surface area contributed by atoms with Crippen LogP contribution in [0.4, 0.5) is 24.5 Å². The number of nitrogens with one attached hydrogen (secondary N) is 4. The lowest BCUT2D eigenvalue weighted by Crippen LogP contribution is -2.57. The van der Waals surface area contributed by atoms with Gasteiger partial charge in [-0.15, -0.1) is 23.1 Å². The summed E-state index contributed by atoms with van der Waals surface area (Å²) in [7, 11) is -11.2. The first-order valence-electron chi connectivity index (χ1n) is 36.3. The van der Waals surface area contributed by atoms with Crippen molar-refractivity contribution in [2.45, 2.75) is 176 Å². The van der Waals surface area contributed by atoms with Crippen LogP contribution in [-0.4, -0.2) is 183 Å². The fraction of sp³-hybridized carbons (Fsp3) is 0.487. The lowest BCUT2D eigenvalue weighted by Gasteiger charge is -2.47. The Balaban J connectivity index is 0.666. The van der Waals surface area contributed by atoms with Gasteiger partial charge in [0.05, 0.1) is 38.8 Å². The highest BCUT2D eigenvalue weighted by atomic mass is 35.5. The van der Waals surface area contributed by atoms with Crippen LogP contribution < -0.4 is 25.6 Å². The van der Waals surface area contributed by atoms with Crippen LogP contribution in [0.2, 0.25) is 5.02 Å². The second-order valence-corrected chi connectivity index (χ2v) is 36.5. The minimum absolute atomic E-state index is 0.0138. The number of amides is 5. The van der Waals surface area contributed by atoms with Crippen molar-refractivity contribution in [3.8, 4) is 10.4 Å². The molecule has 5 aliphatic rings. The fourth-order valence-electron chi connectivity index (χ4n) is 15.0. The van der Waals surface area contributed by atoms with E-state index in [-0.39, 0.29) is 54.5 Å². The molecule has 6 aromatic rings. The molecular formula is C78H96ClF3N10O10S4. The van der Waals surface area contributed by atoms with E-state index in [1.54, 1.807) is 33.9 Å². The number of halogens is 4. The maximum atomic E-state index is 14.7. The third kappa shape index (κ3) is 19.5. The van der Waals surface area contributed by atoms with E-state index in [4.69, 9.17) is 11.6 Å². The summed E-state index contributed by atoms with van der Waals surface area (Å²) in [5.74, 6) is -2.20. The molecule has 5 N–H and O–H groups in total. The number of anilines is 2. The number of thioether (sulfide) groups is 1. The van der Waals surface area contributed by atoms with Gasteiger partial charge in [0.25, 0.3) is 25.8 Å². The summed E-state index contributed by atoms with van der Waals surface area (Å²) in [6.45, 7) is 19.1. The second-order valence-electron chi connectivity index (χ2n) is 30.5. The topological polar surface area (TPSA) is 251 Å². The van der Waals surface area contributed by atoms with Crippen molar-refractivity contribution in [3.63, 3.8) is 0 Å². The summed E-state index contributed by atoms with van der Waals surface area (Å²) >= 11 is 9.20. The van der Waals surface area contributed by atoms with Crippen LogP contribution in [-0.2, 0) is 45.5 Å². The number of aliphatic hydroxyl groups excluding tert-OH is 1. The van der Waals surface area contributed by atoms with Crippen molar-refractivity contribution < 1.29 is 59.1 Å². The van der Waals surface area contributed by atoms with E-state index in [2.05, 4.69) is 61.6 Å². The van der Waals surface area contributed by atoms with Gasteiger partial charge in [0.1, 0.15) is 17.0 Å². The number of aliphatic hydroxyl groups is 1. The van der Waals surface area contributed by atoms with Crippen LogP contribution >= 0.6 is 34.7 Å². The van der Waals surface area contributed by atoms with E-state index < -0.39 is 100 Å². The molecule has 11 rings (SSSR count). The first-order chi connectivity index (χ1) is 50.2. The number of allylic oxidation sites excluding steroid dienone is 1. The standard InChI is InChI=1S/C78H96ClF3N10O10S4/c1-50(52-17-19-54(20-18-52)71-51(2)83-49-104-71)84-74(97)67-42-61(93)47-92(67)75(98)72(76(3,4)5)86-69(94)15-11-12-16-70(95)90-38-35-88(36-39-90)34-32-59(48-103-62-13-9-8-10-14-62)85-65-29-28-63(43-68(65)105(99,100)78(80,81)82)106(101,102)87-73(96)56-24-30-66-55(41-56)23-27-60-46-89(37-40-91(60)66)45-57-44-77(6,7)33-31-64(57)53-21-25-58(79)26-22-53/h8-10,13-14,17-22,24-26,28-30,41,43,49-50,59-61,67,72,85,93H,11-12,15-16,23,27,31-40,42,44-48H2,1-7H3,(H,84,97)(H,86,94)(H,87,96)/t50-,59+,60?,61+,67-,72+/m0/s1. The van der Waals surface area contributed by atoms with Gasteiger partial charge in [-0.25, -0.2) is 26.5 Å². The molecule has 1 unspecified atom stereocenters. The zero-order valence-electron chi connectivity index (χ0n) is 61.0. The number of β-amino-alcohol motifs (C(OH)–C–C–N with tert-alkyl or cyclic N) is 1.